The van der Waals surface area contributed by atoms with Gasteiger partial charge >= 0.3 is 0 Å². The van der Waals surface area contributed by atoms with E-state index in [1.165, 1.54) is 30.7 Å². The van der Waals surface area contributed by atoms with E-state index >= 15 is 0 Å². The lowest BCUT2D eigenvalue weighted by atomic mass is 10.0. The van der Waals surface area contributed by atoms with Gasteiger partial charge in [0.2, 0.25) is 5.91 Å². The molecule has 6 nitrogen and oxygen atoms in total. The number of nitrogens with one attached hydrogen (secondary N) is 1. The molecule has 0 aliphatic carbocycles. The van der Waals surface area contributed by atoms with Gasteiger partial charge in [-0.25, -0.2) is 0 Å². The number of carbonyl (C=O) groups is 3. The molecule has 0 bridgehead atoms. The topological polar surface area (TPSA) is 69.7 Å². The third-order valence-electron chi connectivity index (χ3n) is 6.05. The van der Waals surface area contributed by atoms with Gasteiger partial charge in [-0.2, -0.15) is 0 Å². The molecule has 1 saturated heterocycles. The van der Waals surface area contributed by atoms with Crippen LogP contribution in [-0.4, -0.2) is 59.7 Å². The molecule has 2 heterocycles. The van der Waals surface area contributed by atoms with Crippen LogP contribution in [0.25, 0.3) is 0 Å². The number of piperidine rings is 1. The van der Waals surface area contributed by atoms with Gasteiger partial charge in [0.05, 0.1) is 11.1 Å². The Hall–Kier alpha value is -2.21. The normalized spacial score (nSPS) is 19.5. The Balaban J connectivity index is 1.30. The number of hydrogen-bond donors (Lipinski definition) is 1. The first-order valence-corrected chi connectivity index (χ1v) is 10.9. The van der Waals surface area contributed by atoms with E-state index in [1.807, 2.05) is 13.0 Å². The Labute approximate surface area is 173 Å². The number of unbranched alkanes of at least 4 members (excludes halogenated alkanes) is 1. The number of hydrogen-bond acceptors (Lipinski definition) is 4. The van der Waals surface area contributed by atoms with E-state index in [0.717, 1.165) is 24.9 Å². The molecule has 29 heavy (non-hydrogen) atoms. The molecule has 1 N–H and O–H groups in total. The summed E-state index contributed by atoms with van der Waals surface area (Å²) in [4.78, 5) is 40.7. The number of aryl methyl sites for hydroxylation is 1. The quantitative estimate of drug-likeness (QED) is 0.512. The smallest absolute Gasteiger partial charge is 0.261 e. The molecule has 0 radical (unpaired) electrons. The second-order valence-electron chi connectivity index (χ2n) is 8.35. The predicted octanol–water partition coefficient (Wildman–Crippen LogP) is 3.14. The van der Waals surface area contributed by atoms with E-state index in [1.54, 1.807) is 12.1 Å². The number of carbonyl (C=O) groups excluding carboxylic acids is 3. The fourth-order valence-electron chi connectivity index (χ4n) is 4.25. The maximum Gasteiger partial charge on any atom is 0.261 e. The Morgan fingerprint density at radius 3 is 2.66 bits per heavy atom. The van der Waals surface area contributed by atoms with Crippen molar-refractivity contribution in [3.63, 3.8) is 0 Å². The van der Waals surface area contributed by atoms with Gasteiger partial charge in [0.25, 0.3) is 11.8 Å². The zero-order valence-electron chi connectivity index (χ0n) is 17.7. The molecule has 2 aliphatic heterocycles. The Bertz CT molecular complexity index is 762. The summed E-state index contributed by atoms with van der Waals surface area (Å²) in [5.74, 6) is -0.512. The van der Waals surface area contributed by atoms with Crippen LogP contribution < -0.4 is 5.32 Å². The highest BCUT2D eigenvalue weighted by molar-refractivity contribution is 6.21. The van der Waals surface area contributed by atoms with E-state index in [-0.39, 0.29) is 24.3 Å². The summed E-state index contributed by atoms with van der Waals surface area (Å²) in [6.45, 7) is 7.48. The van der Waals surface area contributed by atoms with Gasteiger partial charge in [0.15, 0.2) is 0 Å². The minimum atomic E-state index is -0.252. The molecule has 3 rings (SSSR count). The molecule has 1 aromatic rings. The average Bonchev–Trinajstić information content (AvgIpc) is 2.93. The Morgan fingerprint density at radius 2 is 1.86 bits per heavy atom. The summed E-state index contributed by atoms with van der Waals surface area (Å²) in [5, 5.41) is 2.96. The minimum absolute atomic E-state index is 0.0104. The van der Waals surface area contributed by atoms with Crippen LogP contribution in [0.5, 0.6) is 0 Å². The SMILES string of the molecule is Cc1ccc2c(c1)C(=O)N(CCCC(=O)NCCCCN1CCCCC1C)C2=O. The highest BCUT2D eigenvalue weighted by Crippen LogP contribution is 2.24. The molecule has 2 aliphatic rings. The van der Waals surface area contributed by atoms with Gasteiger partial charge in [-0.1, -0.05) is 18.1 Å². The van der Waals surface area contributed by atoms with Crippen molar-refractivity contribution >= 4 is 17.7 Å². The van der Waals surface area contributed by atoms with E-state index in [0.29, 0.717) is 36.6 Å². The van der Waals surface area contributed by atoms with Crippen molar-refractivity contribution in [2.45, 2.75) is 64.8 Å². The van der Waals surface area contributed by atoms with E-state index < -0.39 is 0 Å². The van der Waals surface area contributed by atoms with Gasteiger partial charge in [-0.3, -0.25) is 19.3 Å². The van der Waals surface area contributed by atoms with Gasteiger partial charge in [0.1, 0.15) is 0 Å². The first kappa shape index (κ1) is 21.5. The van der Waals surface area contributed by atoms with E-state index in [9.17, 15) is 14.4 Å². The van der Waals surface area contributed by atoms with Crippen molar-refractivity contribution in [1.29, 1.82) is 0 Å². The van der Waals surface area contributed by atoms with Gasteiger partial charge in [-0.05, 0) is 71.2 Å². The molecular weight excluding hydrogens is 366 g/mol. The second kappa shape index (κ2) is 10.0. The van der Waals surface area contributed by atoms with Crippen molar-refractivity contribution in [2.24, 2.45) is 0 Å². The number of rotatable bonds is 9. The van der Waals surface area contributed by atoms with Crippen molar-refractivity contribution in [1.82, 2.24) is 15.1 Å². The fraction of sp³-hybridized carbons (Fsp3) is 0.609. The van der Waals surface area contributed by atoms with Gasteiger partial charge in [0, 0.05) is 25.6 Å². The Morgan fingerprint density at radius 1 is 1.07 bits per heavy atom. The van der Waals surface area contributed by atoms with Crippen molar-refractivity contribution < 1.29 is 14.4 Å². The van der Waals surface area contributed by atoms with Gasteiger partial charge < -0.3 is 10.2 Å². The van der Waals surface area contributed by atoms with Crippen LogP contribution in [0.3, 0.4) is 0 Å². The van der Waals surface area contributed by atoms with Crippen LogP contribution in [0.15, 0.2) is 18.2 Å². The lowest BCUT2D eigenvalue weighted by molar-refractivity contribution is -0.121. The van der Waals surface area contributed by atoms with Gasteiger partial charge in [-0.15, -0.1) is 0 Å². The average molecular weight is 400 g/mol. The summed E-state index contributed by atoms with van der Waals surface area (Å²) < 4.78 is 0. The number of amides is 3. The highest BCUT2D eigenvalue weighted by atomic mass is 16.2. The van der Waals surface area contributed by atoms with Crippen LogP contribution in [0, 0.1) is 6.92 Å². The van der Waals surface area contributed by atoms with Crippen LogP contribution in [0.1, 0.15) is 78.1 Å². The van der Waals surface area contributed by atoms with Crippen molar-refractivity contribution in [3.05, 3.63) is 34.9 Å². The van der Waals surface area contributed by atoms with Crippen LogP contribution >= 0.6 is 0 Å². The summed E-state index contributed by atoms with van der Waals surface area (Å²) in [6, 6.07) is 5.99. The lowest BCUT2D eigenvalue weighted by Crippen LogP contribution is -2.38. The number of benzene rings is 1. The molecule has 158 valence electrons. The Kier molecular flexibility index (Phi) is 7.42. The molecular formula is C23H33N3O3. The lowest BCUT2D eigenvalue weighted by Gasteiger charge is -2.33. The fourth-order valence-corrected chi connectivity index (χ4v) is 4.25. The molecule has 1 atom stereocenters. The standard InChI is InChI=1S/C23H33N3O3/c1-17-10-11-19-20(16-17)23(29)26(22(19)28)15-7-9-21(27)24-12-4-6-14-25-13-5-3-8-18(25)2/h10-11,16,18H,3-9,12-15H2,1-2H3,(H,24,27). The minimum Gasteiger partial charge on any atom is -0.356 e. The molecule has 0 spiro atoms. The van der Waals surface area contributed by atoms with Crippen LogP contribution in [0.2, 0.25) is 0 Å². The zero-order valence-corrected chi connectivity index (χ0v) is 17.7. The largest absolute Gasteiger partial charge is 0.356 e. The van der Waals surface area contributed by atoms with E-state index in [4.69, 9.17) is 0 Å². The highest BCUT2D eigenvalue weighted by Gasteiger charge is 2.34. The number of fused-ring (bicyclic) bond motifs is 1. The summed E-state index contributed by atoms with van der Waals surface area (Å²) in [7, 11) is 0. The number of nitrogens with zero attached hydrogens (tertiary/aromatic N) is 2. The third kappa shape index (κ3) is 5.44. The van der Waals surface area contributed by atoms with Crippen molar-refractivity contribution in [3.8, 4) is 0 Å². The molecule has 0 saturated carbocycles. The first-order chi connectivity index (χ1) is 14.0. The summed E-state index contributed by atoms with van der Waals surface area (Å²) in [6.07, 6.45) is 6.83. The first-order valence-electron chi connectivity index (χ1n) is 10.9. The summed E-state index contributed by atoms with van der Waals surface area (Å²) in [5.41, 5.74) is 1.90. The zero-order chi connectivity index (χ0) is 20.8. The molecule has 3 amide bonds. The maximum atomic E-state index is 12.4. The molecule has 6 heteroatoms. The maximum absolute atomic E-state index is 12.4. The van der Waals surface area contributed by atoms with E-state index in [2.05, 4.69) is 17.1 Å². The van der Waals surface area contributed by atoms with Crippen LogP contribution in [0.4, 0.5) is 0 Å². The molecule has 0 aromatic heterocycles. The molecule has 1 unspecified atom stereocenters. The second-order valence-corrected chi connectivity index (χ2v) is 8.35. The molecule has 1 fully saturated rings. The predicted molar refractivity (Wildman–Crippen MR) is 113 cm³/mol. The summed E-state index contributed by atoms with van der Waals surface area (Å²) >= 11 is 0. The van der Waals surface area contributed by atoms with Crippen molar-refractivity contribution in [2.75, 3.05) is 26.2 Å². The number of likely N-dealkylation sites (tertiary alicyclic amines) is 1. The van der Waals surface area contributed by atoms with Crippen LogP contribution in [-0.2, 0) is 4.79 Å². The molecule has 1 aromatic carbocycles. The number of imide groups is 1. The monoisotopic (exact) mass is 399 g/mol. The third-order valence-corrected chi connectivity index (χ3v) is 6.05.